The lowest BCUT2D eigenvalue weighted by molar-refractivity contribution is -0.126. The number of carbonyl (C=O) groups excluding carboxylic acids is 2. The number of ether oxygens (including phenoxy) is 1. The van der Waals surface area contributed by atoms with E-state index in [-0.39, 0.29) is 11.8 Å². The summed E-state index contributed by atoms with van der Waals surface area (Å²) < 4.78 is 5.78. The van der Waals surface area contributed by atoms with Crippen LogP contribution in [0.4, 0.5) is 0 Å². The van der Waals surface area contributed by atoms with Crippen molar-refractivity contribution in [2.24, 2.45) is 0 Å². The Morgan fingerprint density at radius 2 is 1.47 bits per heavy atom. The normalized spacial score (nSPS) is 11.8. The van der Waals surface area contributed by atoms with Crippen molar-refractivity contribution in [1.82, 2.24) is 10.6 Å². The maximum absolute atomic E-state index is 12.4. The van der Waals surface area contributed by atoms with Gasteiger partial charge in [-0.3, -0.25) is 9.59 Å². The van der Waals surface area contributed by atoms with Gasteiger partial charge in [-0.05, 0) is 35.3 Å². The molecule has 0 radical (unpaired) electrons. The Kier molecular flexibility index (Phi) is 8.78. The molecule has 5 nitrogen and oxygen atoms in total. The van der Waals surface area contributed by atoms with Crippen molar-refractivity contribution in [3.63, 3.8) is 0 Å². The molecule has 3 aromatic rings. The number of nitrogens with one attached hydrogen (secondary N) is 2. The van der Waals surface area contributed by atoms with Crippen LogP contribution in [-0.2, 0) is 34.1 Å². The highest BCUT2D eigenvalue weighted by Crippen LogP contribution is 2.09. The predicted octanol–water partition coefficient (Wildman–Crippen LogP) is 4.24. The maximum Gasteiger partial charge on any atom is 0.244 e. The summed E-state index contributed by atoms with van der Waals surface area (Å²) in [4.78, 5) is 24.4. The molecule has 0 saturated carbocycles. The molecule has 32 heavy (non-hydrogen) atoms. The molecular formula is C27H28N2O3. The molecule has 3 rings (SSSR count). The monoisotopic (exact) mass is 428 g/mol. The minimum absolute atomic E-state index is 0.239. The molecule has 0 aliphatic rings. The van der Waals surface area contributed by atoms with Gasteiger partial charge in [0.2, 0.25) is 11.8 Å². The summed E-state index contributed by atoms with van der Waals surface area (Å²) in [6.07, 6.45) is 3.14. The summed E-state index contributed by atoms with van der Waals surface area (Å²) in [6.45, 7) is 3.09. The fourth-order valence-electron chi connectivity index (χ4n) is 3.10. The van der Waals surface area contributed by atoms with Crippen molar-refractivity contribution in [2.45, 2.75) is 32.7 Å². The van der Waals surface area contributed by atoms with Gasteiger partial charge in [0.1, 0.15) is 6.04 Å². The van der Waals surface area contributed by atoms with Crippen LogP contribution in [0, 0.1) is 0 Å². The predicted molar refractivity (Wildman–Crippen MR) is 126 cm³/mol. The zero-order valence-corrected chi connectivity index (χ0v) is 18.2. The standard InChI is InChI=1S/C27H28N2O3/c1-21(29-26(30)16-15-22-9-4-2-5-10-22)27(31)28-18-24-13-8-14-25(17-24)20-32-19-23-11-6-3-7-12-23/h2-17,21H,18-20H2,1H3,(H,28,31)(H,29,30)/b16-15+. The lowest BCUT2D eigenvalue weighted by atomic mass is 10.1. The Morgan fingerprint density at radius 3 is 2.22 bits per heavy atom. The Morgan fingerprint density at radius 1 is 0.844 bits per heavy atom. The van der Waals surface area contributed by atoms with Gasteiger partial charge in [0.05, 0.1) is 13.2 Å². The topological polar surface area (TPSA) is 67.4 Å². The van der Waals surface area contributed by atoms with E-state index in [4.69, 9.17) is 4.74 Å². The smallest absolute Gasteiger partial charge is 0.244 e. The summed E-state index contributed by atoms with van der Waals surface area (Å²) in [5.74, 6) is -0.550. The minimum atomic E-state index is -0.639. The third-order valence-electron chi connectivity index (χ3n) is 4.82. The van der Waals surface area contributed by atoms with Crippen molar-refractivity contribution in [3.05, 3.63) is 113 Å². The van der Waals surface area contributed by atoms with E-state index in [1.54, 1.807) is 13.0 Å². The summed E-state index contributed by atoms with van der Waals surface area (Å²) in [5.41, 5.74) is 4.07. The molecule has 0 spiro atoms. The van der Waals surface area contributed by atoms with Gasteiger partial charge in [-0.1, -0.05) is 84.9 Å². The number of hydrogen-bond donors (Lipinski definition) is 2. The Balaban J connectivity index is 1.42. The van der Waals surface area contributed by atoms with Gasteiger partial charge in [0.25, 0.3) is 0 Å². The average Bonchev–Trinajstić information content (AvgIpc) is 2.83. The van der Waals surface area contributed by atoms with Gasteiger partial charge >= 0.3 is 0 Å². The van der Waals surface area contributed by atoms with E-state index in [0.29, 0.717) is 19.8 Å². The first-order chi connectivity index (χ1) is 15.6. The second-order valence-corrected chi connectivity index (χ2v) is 7.49. The SMILES string of the molecule is CC(NC(=O)/C=C/c1ccccc1)C(=O)NCc1cccc(COCc2ccccc2)c1. The van der Waals surface area contributed by atoms with E-state index >= 15 is 0 Å². The molecule has 1 atom stereocenters. The number of hydrogen-bond acceptors (Lipinski definition) is 3. The van der Waals surface area contributed by atoms with Crippen LogP contribution in [0.3, 0.4) is 0 Å². The van der Waals surface area contributed by atoms with Crippen molar-refractivity contribution in [2.75, 3.05) is 0 Å². The summed E-state index contributed by atoms with van der Waals surface area (Å²) in [5, 5.41) is 5.55. The summed E-state index contributed by atoms with van der Waals surface area (Å²) >= 11 is 0. The molecule has 0 fully saturated rings. The molecule has 0 aliphatic heterocycles. The van der Waals surface area contributed by atoms with Gasteiger partial charge < -0.3 is 15.4 Å². The first-order valence-corrected chi connectivity index (χ1v) is 10.6. The fourth-order valence-corrected chi connectivity index (χ4v) is 3.10. The van der Waals surface area contributed by atoms with Gasteiger partial charge in [-0.2, -0.15) is 0 Å². The van der Waals surface area contributed by atoms with E-state index in [1.165, 1.54) is 6.08 Å². The molecule has 5 heteroatoms. The molecule has 0 heterocycles. The molecule has 1 unspecified atom stereocenters. The third kappa shape index (κ3) is 7.85. The quantitative estimate of drug-likeness (QED) is 0.475. The molecule has 0 aliphatic carbocycles. The highest BCUT2D eigenvalue weighted by molar-refractivity contribution is 5.95. The molecule has 2 N–H and O–H groups in total. The summed E-state index contributed by atoms with van der Waals surface area (Å²) in [7, 11) is 0. The van der Waals surface area contributed by atoms with Crippen LogP contribution in [-0.4, -0.2) is 17.9 Å². The number of benzene rings is 3. The lowest BCUT2D eigenvalue weighted by Crippen LogP contribution is -2.44. The third-order valence-corrected chi connectivity index (χ3v) is 4.82. The van der Waals surface area contributed by atoms with Crippen LogP contribution in [0.15, 0.2) is 91.0 Å². The van der Waals surface area contributed by atoms with Crippen molar-refractivity contribution < 1.29 is 14.3 Å². The van der Waals surface area contributed by atoms with Crippen molar-refractivity contribution >= 4 is 17.9 Å². The van der Waals surface area contributed by atoms with Gasteiger partial charge in [-0.25, -0.2) is 0 Å². The second kappa shape index (κ2) is 12.2. The molecular weight excluding hydrogens is 400 g/mol. The first-order valence-electron chi connectivity index (χ1n) is 10.6. The van der Waals surface area contributed by atoms with Crippen molar-refractivity contribution in [1.29, 1.82) is 0 Å². The zero-order valence-electron chi connectivity index (χ0n) is 18.2. The fraction of sp³-hybridized carbons (Fsp3) is 0.185. The van der Waals surface area contributed by atoms with E-state index in [2.05, 4.69) is 10.6 Å². The number of rotatable bonds is 10. The average molecular weight is 429 g/mol. The van der Waals surface area contributed by atoms with E-state index in [9.17, 15) is 9.59 Å². The van der Waals surface area contributed by atoms with Crippen LogP contribution in [0.2, 0.25) is 0 Å². The minimum Gasteiger partial charge on any atom is -0.372 e. The molecule has 0 bridgehead atoms. The van der Waals surface area contributed by atoms with Crippen LogP contribution in [0.25, 0.3) is 6.08 Å². The van der Waals surface area contributed by atoms with Crippen LogP contribution in [0.5, 0.6) is 0 Å². The van der Waals surface area contributed by atoms with Crippen LogP contribution in [0.1, 0.15) is 29.2 Å². The first kappa shape index (κ1) is 23.0. The molecule has 0 saturated heterocycles. The van der Waals surface area contributed by atoms with E-state index in [0.717, 1.165) is 22.3 Å². The Bertz CT molecular complexity index is 1030. The lowest BCUT2D eigenvalue weighted by Gasteiger charge is -2.13. The molecule has 2 amide bonds. The molecule has 0 aromatic heterocycles. The highest BCUT2D eigenvalue weighted by Gasteiger charge is 2.14. The summed E-state index contributed by atoms with van der Waals surface area (Å²) in [6, 6.07) is 26.8. The van der Waals surface area contributed by atoms with Gasteiger partial charge in [0, 0.05) is 12.6 Å². The molecule has 164 valence electrons. The number of carbonyl (C=O) groups is 2. The largest absolute Gasteiger partial charge is 0.372 e. The van der Waals surface area contributed by atoms with Crippen LogP contribution >= 0.6 is 0 Å². The van der Waals surface area contributed by atoms with E-state index < -0.39 is 6.04 Å². The van der Waals surface area contributed by atoms with Gasteiger partial charge in [0.15, 0.2) is 0 Å². The Hall–Kier alpha value is -3.70. The van der Waals surface area contributed by atoms with Gasteiger partial charge in [-0.15, -0.1) is 0 Å². The second-order valence-electron chi connectivity index (χ2n) is 7.49. The highest BCUT2D eigenvalue weighted by atomic mass is 16.5. The zero-order chi connectivity index (χ0) is 22.6. The van der Waals surface area contributed by atoms with E-state index in [1.807, 2.05) is 84.9 Å². The van der Waals surface area contributed by atoms with Crippen molar-refractivity contribution in [3.8, 4) is 0 Å². The van der Waals surface area contributed by atoms with Crippen LogP contribution < -0.4 is 10.6 Å². The number of amides is 2. The Labute approximate surface area is 189 Å². The molecule has 3 aromatic carbocycles. The maximum atomic E-state index is 12.4.